The lowest BCUT2D eigenvalue weighted by Crippen LogP contribution is -2.21. The van der Waals surface area contributed by atoms with Crippen LogP contribution in [0.15, 0.2) is 0 Å². The van der Waals surface area contributed by atoms with Crippen molar-refractivity contribution in [2.24, 2.45) is 11.8 Å². The lowest BCUT2D eigenvalue weighted by atomic mass is 9.89. The number of ether oxygens (including phenoxy) is 1. The summed E-state index contributed by atoms with van der Waals surface area (Å²) in [4.78, 5) is 11.6. The van der Waals surface area contributed by atoms with Gasteiger partial charge < -0.3 is 4.74 Å². The molecule has 0 bridgehead atoms. The summed E-state index contributed by atoms with van der Waals surface area (Å²) < 4.78 is 5.26. The molecule has 1 aliphatic rings. The van der Waals surface area contributed by atoms with E-state index in [1.54, 1.807) is 0 Å². The predicted octanol–water partition coefficient (Wildman–Crippen LogP) is 2.42. The molecule has 0 radical (unpaired) electrons. The summed E-state index contributed by atoms with van der Waals surface area (Å²) in [6, 6.07) is 0. The second-order valence-electron chi connectivity index (χ2n) is 4.04. The first-order chi connectivity index (χ1) is 6.24. The molecular weight excluding hydrogens is 164 g/mol. The minimum absolute atomic E-state index is 0.253. The number of ketones is 1. The number of Topliss-reactive ketones (excluding diaryl/α,β-unsaturated/α-hetero) is 1. The minimum atomic E-state index is 0.253. The normalized spacial score (nSPS) is 21.4. The maximum Gasteiger partial charge on any atom is 0.135 e. The fraction of sp³-hybridized carbons (Fsp3) is 0.909. The summed E-state index contributed by atoms with van der Waals surface area (Å²) in [6.07, 6.45) is 3.89. The summed E-state index contributed by atoms with van der Waals surface area (Å²) in [5.41, 5.74) is 0. The van der Waals surface area contributed by atoms with Crippen molar-refractivity contribution in [2.75, 3.05) is 13.2 Å². The highest BCUT2D eigenvalue weighted by atomic mass is 16.5. The lowest BCUT2D eigenvalue weighted by molar-refractivity contribution is -0.124. The molecule has 1 unspecified atom stereocenters. The Morgan fingerprint density at radius 1 is 1.46 bits per heavy atom. The second-order valence-corrected chi connectivity index (χ2v) is 4.04. The van der Waals surface area contributed by atoms with Crippen LogP contribution in [-0.2, 0) is 9.53 Å². The molecule has 0 amide bonds. The van der Waals surface area contributed by atoms with Gasteiger partial charge in [-0.1, -0.05) is 13.8 Å². The van der Waals surface area contributed by atoms with Crippen molar-refractivity contribution in [3.8, 4) is 0 Å². The molecule has 1 aliphatic heterocycles. The first-order valence-electron chi connectivity index (χ1n) is 5.34. The van der Waals surface area contributed by atoms with E-state index in [0.717, 1.165) is 38.9 Å². The molecular formula is C11H20O2. The average molecular weight is 184 g/mol. The molecule has 1 rings (SSSR count). The molecule has 0 aromatic carbocycles. The van der Waals surface area contributed by atoms with Crippen molar-refractivity contribution in [3.63, 3.8) is 0 Å². The molecule has 1 saturated heterocycles. The summed E-state index contributed by atoms with van der Waals surface area (Å²) in [6.45, 7) is 5.80. The van der Waals surface area contributed by atoms with Crippen LogP contribution in [-0.4, -0.2) is 19.0 Å². The van der Waals surface area contributed by atoms with Gasteiger partial charge in [0, 0.05) is 25.6 Å². The van der Waals surface area contributed by atoms with Crippen LogP contribution in [0, 0.1) is 11.8 Å². The molecule has 0 spiro atoms. The molecule has 13 heavy (non-hydrogen) atoms. The Morgan fingerprint density at radius 3 is 2.62 bits per heavy atom. The maximum absolute atomic E-state index is 11.6. The first-order valence-corrected chi connectivity index (χ1v) is 5.34. The van der Waals surface area contributed by atoms with Crippen LogP contribution in [0.1, 0.15) is 39.5 Å². The van der Waals surface area contributed by atoms with E-state index in [9.17, 15) is 4.79 Å². The van der Waals surface area contributed by atoms with Crippen molar-refractivity contribution in [2.45, 2.75) is 39.5 Å². The Labute approximate surface area is 80.7 Å². The van der Waals surface area contributed by atoms with Crippen LogP contribution < -0.4 is 0 Å². The average Bonchev–Trinajstić information content (AvgIpc) is 2.18. The Hall–Kier alpha value is -0.370. The molecule has 1 heterocycles. The fourth-order valence-corrected chi connectivity index (χ4v) is 1.66. The molecule has 76 valence electrons. The number of hydrogen-bond acceptors (Lipinski definition) is 2. The standard InChI is InChI=1S/C11H20O2/c1-3-9(2)11(12)8-10-4-6-13-7-5-10/h9-10H,3-8H2,1-2H3. The summed E-state index contributed by atoms with van der Waals surface area (Å²) in [5.74, 6) is 1.28. The van der Waals surface area contributed by atoms with Gasteiger partial charge in [0.1, 0.15) is 5.78 Å². The molecule has 0 saturated carbocycles. The van der Waals surface area contributed by atoms with Gasteiger partial charge >= 0.3 is 0 Å². The van der Waals surface area contributed by atoms with Gasteiger partial charge in [-0.15, -0.1) is 0 Å². The highest BCUT2D eigenvalue weighted by Gasteiger charge is 2.19. The molecule has 0 N–H and O–H groups in total. The van der Waals surface area contributed by atoms with E-state index in [1.165, 1.54) is 0 Å². The number of carbonyl (C=O) groups excluding carboxylic acids is 1. The molecule has 0 aliphatic carbocycles. The van der Waals surface area contributed by atoms with Crippen LogP contribution in [0.4, 0.5) is 0 Å². The predicted molar refractivity (Wildman–Crippen MR) is 52.6 cm³/mol. The Kier molecular flexibility index (Phi) is 4.43. The van der Waals surface area contributed by atoms with Gasteiger partial charge in [0.25, 0.3) is 0 Å². The van der Waals surface area contributed by atoms with Crippen LogP contribution >= 0.6 is 0 Å². The highest BCUT2D eigenvalue weighted by molar-refractivity contribution is 5.80. The van der Waals surface area contributed by atoms with E-state index < -0.39 is 0 Å². The zero-order valence-corrected chi connectivity index (χ0v) is 8.71. The zero-order chi connectivity index (χ0) is 9.68. The molecule has 1 atom stereocenters. The Bertz CT molecular complexity index is 159. The summed E-state index contributed by atoms with van der Waals surface area (Å²) in [5, 5.41) is 0. The topological polar surface area (TPSA) is 26.3 Å². The molecule has 0 aromatic heterocycles. The van der Waals surface area contributed by atoms with E-state index >= 15 is 0 Å². The van der Waals surface area contributed by atoms with Gasteiger partial charge in [0.2, 0.25) is 0 Å². The molecule has 1 fully saturated rings. The van der Waals surface area contributed by atoms with E-state index in [0.29, 0.717) is 11.7 Å². The van der Waals surface area contributed by atoms with Crippen LogP contribution in [0.5, 0.6) is 0 Å². The van der Waals surface area contributed by atoms with Crippen LogP contribution in [0.2, 0.25) is 0 Å². The maximum atomic E-state index is 11.6. The highest BCUT2D eigenvalue weighted by Crippen LogP contribution is 2.21. The van der Waals surface area contributed by atoms with Crippen molar-refractivity contribution < 1.29 is 9.53 Å². The molecule has 2 nitrogen and oxygen atoms in total. The number of rotatable bonds is 4. The van der Waals surface area contributed by atoms with Crippen molar-refractivity contribution >= 4 is 5.78 Å². The Balaban J connectivity index is 2.26. The van der Waals surface area contributed by atoms with E-state index in [-0.39, 0.29) is 5.92 Å². The van der Waals surface area contributed by atoms with Crippen LogP contribution in [0.25, 0.3) is 0 Å². The van der Waals surface area contributed by atoms with Crippen molar-refractivity contribution in [1.29, 1.82) is 0 Å². The van der Waals surface area contributed by atoms with E-state index in [1.807, 2.05) is 6.92 Å². The van der Waals surface area contributed by atoms with Gasteiger partial charge in [0.05, 0.1) is 0 Å². The van der Waals surface area contributed by atoms with Crippen molar-refractivity contribution in [3.05, 3.63) is 0 Å². The number of carbonyl (C=O) groups is 1. The van der Waals surface area contributed by atoms with Gasteiger partial charge in [0.15, 0.2) is 0 Å². The Morgan fingerprint density at radius 2 is 2.08 bits per heavy atom. The largest absolute Gasteiger partial charge is 0.381 e. The van der Waals surface area contributed by atoms with Gasteiger partial charge in [-0.05, 0) is 25.2 Å². The van der Waals surface area contributed by atoms with Crippen molar-refractivity contribution in [1.82, 2.24) is 0 Å². The third-order valence-corrected chi connectivity index (χ3v) is 2.99. The van der Waals surface area contributed by atoms with E-state index in [4.69, 9.17) is 4.74 Å². The summed E-state index contributed by atoms with van der Waals surface area (Å²) >= 11 is 0. The molecule has 2 heteroatoms. The van der Waals surface area contributed by atoms with Gasteiger partial charge in [-0.3, -0.25) is 4.79 Å². The molecule has 0 aromatic rings. The summed E-state index contributed by atoms with van der Waals surface area (Å²) in [7, 11) is 0. The second kappa shape index (κ2) is 5.38. The smallest absolute Gasteiger partial charge is 0.135 e. The quantitative estimate of drug-likeness (QED) is 0.670. The number of hydrogen-bond donors (Lipinski definition) is 0. The third-order valence-electron chi connectivity index (χ3n) is 2.99. The zero-order valence-electron chi connectivity index (χ0n) is 8.71. The van der Waals surface area contributed by atoms with Gasteiger partial charge in [-0.2, -0.15) is 0 Å². The third kappa shape index (κ3) is 3.47. The lowest BCUT2D eigenvalue weighted by Gasteiger charge is -2.22. The fourth-order valence-electron chi connectivity index (χ4n) is 1.66. The van der Waals surface area contributed by atoms with Crippen LogP contribution in [0.3, 0.4) is 0 Å². The van der Waals surface area contributed by atoms with E-state index in [2.05, 4.69) is 6.92 Å². The monoisotopic (exact) mass is 184 g/mol. The van der Waals surface area contributed by atoms with Gasteiger partial charge in [-0.25, -0.2) is 0 Å². The SMILES string of the molecule is CCC(C)C(=O)CC1CCOCC1. The minimum Gasteiger partial charge on any atom is -0.381 e. The first kappa shape index (κ1) is 10.7.